The van der Waals surface area contributed by atoms with E-state index in [9.17, 15) is 9.46 Å². The highest BCUT2D eigenvalue weighted by Gasteiger charge is 2.31. The molecule has 1 saturated heterocycles. The first-order valence-electron chi connectivity index (χ1n) is 5.23. The molecule has 0 aromatic heterocycles. The quantitative estimate of drug-likeness (QED) is 0.589. The third-order valence-electron chi connectivity index (χ3n) is 2.44. The van der Waals surface area contributed by atoms with E-state index in [1.807, 2.05) is 0 Å². The van der Waals surface area contributed by atoms with Crippen LogP contribution in [0.3, 0.4) is 0 Å². The average Bonchev–Trinajstić information content (AvgIpc) is 2.27. The zero-order valence-corrected chi connectivity index (χ0v) is 10.6. The van der Waals surface area contributed by atoms with E-state index in [0.717, 1.165) is 0 Å². The van der Waals surface area contributed by atoms with E-state index in [0.29, 0.717) is 26.2 Å². The Morgan fingerprint density at radius 2 is 2.25 bits per heavy atom. The molecular formula is C9H18BO5P. The van der Waals surface area contributed by atoms with Crippen LogP contribution in [0, 0.1) is 5.92 Å². The lowest BCUT2D eigenvalue weighted by atomic mass is 9.82. The molecule has 1 fully saturated rings. The second kappa shape index (κ2) is 6.17. The molecule has 0 spiro atoms. The fourth-order valence-corrected chi connectivity index (χ4v) is 2.55. The molecule has 0 aromatic rings. The summed E-state index contributed by atoms with van der Waals surface area (Å²) in [6, 6.07) is 0. The van der Waals surface area contributed by atoms with E-state index in [-0.39, 0.29) is 11.7 Å². The predicted octanol–water partition coefficient (Wildman–Crippen LogP) is 0.827. The van der Waals surface area contributed by atoms with E-state index in [2.05, 4.69) is 0 Å². The molecule has 1 heterocycles. The highest BCUT2D eigenvalue weighted by Crippen LogP contribution is 2.42. The fourth-order valence-electron chi connectivity index (χ4n) is 1.79. The third-order valence-corrected chi connectivity index (χ3v) is 3.10. The zero-order chi connectivity index (χ0) is 12.2. The van der Waals surface area contributed by atoms with Crippen LogP contribution in [0.5, 0.6) is 0 Å². The van der Waals surface area contributed by atoms with Crippen molar-refractivity contribution in [2.75, 3.05) is 33.6 Å². The summed E-state index contributed by atoms with van der Waals surface area (Å²) in [5.74, 6) is -0.225. The molecule has 0 aromatic carbocycles. The Morgan fingerprint density at radius 3 is 2.81 bits per heavy atom. The van der Waals surface area contributed by atoms with Crippen molar-refractivity contribution in [3.63, 3.8) is 0 Å². The molecule has 1 N–H and O–H groups in total. The number of methoxy groups -OCH3 is 1. The van der Waals surface area contributed by atoms with Gasteiger partial charge in [-0.25, -0.2) is 0 Å². The van der Waals surface area contributed by atoms with E-state index in [1.165, 1.54) is 6.66 Å². The molecule has 92 valence electrons. The summed E-state index contributed by atoms with van der Waals surface area (Å²) in [6.07, 6.45) is 0.116. The van der Waals surface area contributed by atoms with Crippen LogP contribution in [0.2, 0.25) is 5.82 Å². The number of ether oxygens (including phenoxy) is 2. The molecule has 1 rings (SSSR count). The van der Waals surface area contributed by atoms with Crippen LogP contribution in [-0.2, 0) is 18.6 Å². The molecule has 1 aliphatic heterocycles. The van der Waals surface area contributed by atoms with Crippen LogP contribution < -0.4 is 0 Å². The minimum Gasteiger partial charge on any atom is -0.384 e. The van der Waals surface area contributed by atoms with Crippen molar-refractivity contribution in [2.24, 2.45) is 5.92 Å². The minimum atomic E-state index is -3.51. The molecular weight excluding hydrogens is 230 g/mol. The predicted molar refractivity (Wildman–Crippen MR) is 60.9 cm³/mol. The van der Waals surface area contributed by atoms with Crippen LogP contribution in [0.15, 0.2) is 0 Å². The smallest absolute Gasteiger partial charge is 0.325 e. The van der Waals surface area contributed by atoms with E-state index < -0.39 is 13.7 Å². The maximum Gasteiger partial charge on any atom is 0.325 e. The van der Waals surface area contributed by atoms with E-state index in [1.54, 1.807) is 7.11 Å². The highest BCUT2D eigenvalue weighted by molar-refractivity contribution is 7.51. The summed E-state index contributed by atoms with van der Waals surface area (Å²) in [4.78, 5) is 9.24. The van der Waals surface area contributed by atoms with Gasteiger partial charge in [-0.3, -0.25) is 4.57 Å². The molecule has 3 unspecified atom stereocenters. The first-order valence-corrected chi connectivity index (χ1v) is 7.25. The van der Waals surface area contributed by atoms with Gasteiger partial charge in [-0.2, -0.15) is 0 Å². The van der Waals surface area contributed by atoms with Gasteiger partial charge in [0, 0.05) is 26.3 Å². The standard InChI is InChI=1S/C9H18BO5P/c1-13-4-7-5-14-6-8(10)3-9(7)15-16(2,11)12/h7-9H,3-6H2,1-2H3,(H,11,12)/t7?,8-,9?/m1/s1. The van der Waals surface area contributed by atoms with Crippen LogP contribution >= 0.6 is 7.60 Å². The van der Waals surface area contributed by atoms with Gasteiger partial charge in [0.15, 0.2) is 0 Å². The van der Waals surface area contributed by atoms with Gasteiger partial charge in [0.1, 0.15) is 0 Å². The highest BCUT2D eigenvalue weighted by atomic mass is 31.2. The maximum atomic E-state index is 11.3. The number of hydrogen-bond donors (Lipinski definition) is 1. The second-order valence-corrected chi connectivity index (χ2v) is 6.01. The summed E-state index contributed by atoms with van der Waals surface area (Å²) < 4.78 is 26.8. The first kappa shape index (κ1) is 14.2. The van der Waals surface area contributed by atoms with Gasteiger partial charge in [-0.1, -0.05) is 5.82 Å². The van der Waals surface area contributed by atoms with Gasteiger partial charge in [-0.15, -0.1) is 0 Å². The molecule has 7 heteroatoms. The lowest BCUT2D eigenvalue weighted by Crippen LogP contribution is -2.29. The number of hydrogen-bond acceptors (Lipinski definition) is 4. The van der Waals surface area contributed by atoms with Gasteiger partial charge >= 0.3 is 7.60 Å². The Bertz CT molecular complexity index is 256. The normalized spacial score (nSPS) is 35.3. The second-order valence-electron chi connectivity index (χ2n) is 4.20. The van der Waals surface area contributed by atoms with E-state index in [4.69, 9.17) is 21.8 Å². The third kappa shape index (κ3) is 4.98. The largest absolute Gasteiger partial charge is 0.384 e. The molecule has 16 heavy (non-hydrogen) atoms. The van der Waals surface area contributed by atoms with Crippen LogP contribution in [0.1, 0.15) is 6.42 Å². The number of rotatable bonds is 4. The SMILES string of the molecule is [B][C@H]1COCC(COC)C(OP(C)(=O)O)C1. The van der Waals surface area contributed by atoms with Gasteiger partial charge < -0.3 is 18.9 Å². The van der Waals surface area contributed by atoms with Crippen molar-refractivity contribution < 1.29 is 23.5 Å². The maximum absolute atomic E-state index is 11.3. The van der Waals surface area contributed by atoms with Gasteiger partial charge in [0.2, 0.25) is 0 Å². The Hall–Kier alpha value is 0.135. The Kier molecular flexibility index (Phi) is 5.48. The molecule has 0 amide bonds. The lowest BCUT2D eigenvalue weighted by molar-refractivity contribution is 0.0194. The van der Waals surface area contributed by atoms with E-state index >= 15 is 0 Å². The van der Waals surface area contributed by atoms with Gasteiger partial charge in [0.05, 0.1) is 27.2 Å². The Morgan fingerprint density at radius 1 is 1.56 bits per heavy atom. The monoisotopic (exact) mass is 248 g/mol. The average molecular weight is 248 g/mol. The Balaban J connectivity index is 2.66. The summed E-state index contributed by atoms with van der Waals surface area (Å²) in [5.41, 5.74) is 0. The zero-order valence-electron chi connectivity index (χ0n) is 9.67. The van der Waals surface area contributed by atoms with Crippen molar-refractivity contribution in [1.29, 1.82) is 0 Å². The molecule has 0 saturated carbocycles. The van der Waals surface area contributed by atoms with Crippen LogP contribution in [0.4, 0.5) is 0 Å². The van der Waals surface area contributed by atoms with Crippen LogP contribution in [0.25, 0.3) is 0 Å². The van der Waals surface area contributed by atoms with Crippen molar-refractivity contribution >= 4 is 15.4 Å². The van der Waals surface area contributed by atoms with Gasteiger partial charge in [-0.05, 0) is 6.42 Å². The molecule has 1 aliphatic rings. The molecule has 5 nitrogen and oxygen atoms in total. The van der Waals surface area contributed by atoms with Crippen molar-refractivity contribution in [2.45, 2.75) is 18.3 Å². The topological polar surface area (TPSA) is 65.0 Å². The van der Waals surface area contributed by atoms with Crippen molar-refractivity contribution in [3.05, 3.63) is 0 Å². The van der Waals surface area contributed by atoms with Crippen molar-refractivity contribution in [3.8, 4) is 0 Å². The van der Waals surface area contributed by atoms with Crippen LogP contribution in [-0.4, -0.2) is 52.4 Å². The van der Waals surface area contributed by atoms with Gasteiger partial charge in [0.25, 0.3) is 0 Å². The molecule has 4 atom stereocenters. The summed E-state index contributed by atoms with van der Waals surface area (Å²) in [5, 5.41) is 0. The molecule has 0 aliphatic carbocycles. The first-order chi connectivity index (χ1) is 7.42. The summed E-state index contributed by atoms with van der Waals surface area (Å²) in [6.45, 7) is 2.48. The Labute approximate surface area is 97.4 Å². The summed E-state index contributed by atoms with van der Waals surface area (Å²) >= 11 is 0. The van der Waals surface area contributed by atoms with Crippen molar-refractivity contribution in [1.82, 2.24) is 0 Å². The minimum absolute atomic E-state index is 0.0565. The fraction of sp³-hybridized carbons (Fsp3) is 1.00. The molecule has 0 bridgehead atoms. The summed E-state index contributed by atoms with van der Waals surface area (Å²) in [7, 11) is 3.85. The lowest BCUT2D eigenvalue weighted by Gasteiger charge is -2.25. The molecule has 2 radical (unpaired) electrons.